The van der Waals surface area contributed by atoms with Gasteiger partial charge in [0.15, 0.2) is 11.5 Å². The highest BCUT2D eigenvalue weighted by atomic mass is 32.2. The minimum atomic E-state index is -2.80. The van der Waals surface area contributed by atoms with E-state index in [0.717, 1.165) is 12.2 Å². The van der Waals surface area contributed by atoms with Crippen LogP contribution in [-0.4, -0.2) is 62.5 Å². The van der Waals surface area contributed by atoms with Crippen LogP contribution in [-0.2, 0) is 20.4 Å². The Balaban J connectivity index is 1.08. The summed E-state index contributed by atoms with van der Waals surface area (Å²) in [5.41, 5.74) is 7.09. The van der Waals surface area contributed by atoms with E-state index in [1.165, 1.54) is 80.5 Å². The number of ether oxygens (including phenoxy) is 1. The Kier molecular flexibility index (Phi) is 16.2. The van der Waals surface area contributed by atoms with Crippen LogP contribution < -0.4 is 5.73 Å². The highest BCUT2D eigenvalue weighted by Crippen LogP contribution is 2.42. The smallest absolute Gasteiger partial charge is 0.225 e. The van der Waals surface area contributed by atoms with Crippen molar-refractivity contribution in [3.63, 3.8) is 0 Å². The Morgan fingerprint density at radius 3 is 2.29 bits per heavy atom. The van der Waals surface area contributed by atoms with Gasteiger partial charge in [-0.2, -0.15) is 11.8 Å². The molecule has 1 aromatic carbocycles. The first-order chi connectivity index (χ1) is 19.9. The number of aromatic nitrogens is 4. The third-order valence-corrected chi connectivity index (χ3v) is 10.3. The number of hydrogen-bond donors (Lipinski definition) is 1. The molecular formula is C30H48N5O3PS2. The molecule has 0 radical (unpaired) electrons. The van der Waals surface area contributed by atoms with Crippen LogP contribution in [0.5, 0.6) is 0 Å². The highest BCUT2D eigenvalue weighted by Gasteiger charge is 2.19. The second-order valence-electron chi connectivity index (χ2n) is 10.6. The number of hydrogen-bond acceptors (Lipinski definition) is 9. The number of nitrogen functional groups attached to an aromatic ring is 1. The molecule has 0 aliphatic rings. The number of anilines is 1. The Bertz CT molecular complexity index is 1170. The molecule has 0 aliphatic heterocycles. The summed E-state index contributed by atoms with van der Waals surface area (Å²) >= 11 is 3.95. The first kappa shape index (κ1) is 33.9. The van der Waals surface area contributed by atoms with E-state index < -0.39 is 7.37 Å². The molecule has 2 aromatic heterocycles. The summed E-state index contributed by atoms with van der Waals surface area (Å²) < 4.78 is 26.2. The quantitative estimate of drug-likeness (QED) is 0.0638. The summed E-state index contributed by atoms with van der Waals surface area (Å²) in [6, 6.07) is 10.7. The number of fused-ring (bicyclic) bond motifs is 1. The van der Waals surface area contributed by atoms with Crippen LogP contribution in [0.15, 0.2) is 47.9 Å². The van der Waals surface area contributed by atoms with Gasteiger partial charge in [0.05, 0.1) is 25.6 Å². The lowest BCUT2D eigenvalue weighted by atomic mass is 10.1. The van der Waals surface area contributed by atoms with Gasteiger partial charge in [0.2, 0.25) is 7.37 Å². The van der Waals surface area contributed by atoms with E-state index >= 15 is 0 Å². The second-order valence-corrected chi connectivity index (χ2v) is 15.5. The zero-order chi connectivity index (χ0) is 29.2. The average molecular weight is 622 g/mol. The fourth-order valence-corrected chi connectivity index (χ4v) is 7.42. The van der Waals surface area contributed by atoms with Crippen molar-refractivity contribution in [2.45, 2.75) is 88.7 Å². The zero-order valence-corrected chi connectivity index (χ0v) is 27.3. The molecule has 3 aromatic rings. The maximum Gasteiger partial charge on any atom is 0.225 e. The average Bonchev–Trinajstić information content (AvgIpc) is 3.38. The summed E-state index contributed by atoms with van der Waals surface area (Å²) in [6.07, 6.45) is 16.1. The Labute approximate surface area is 254 Å². The standard InChI is InChI=1S/C30H48N5O3PS2/c1-26(22-35-24-34-28-29(31)32-23-33-30(28)35)37-25-39(2,36)38-18-15-20-40-19-13-8-6-4-3-5-7-9-14-21-41-27-16-11-10-12-17-27/h10-12,16-17,23-24,26H,3-9,13-15,18-22,25H2,1-2H3,(H2,31,32,33)/t26-,39?/m1/s1. The highest BCUT2D eigenvalue weighted by molar-refractivity contribution is 7.99. The van der Waals surface area contributed by atoms with E-state index in [1.54, 1.807) is 13.0 Å². The molecule has 0 amide bonds. The van der Waals surface area contributed by atoms with Gasteiger partial charge in [-0.3, -0.25) is 4.57 Å². The third-order valence-electron chi connectivity index (χ3n) is 6.72. The van der Waals surface area contributed by atoms with E-state index in [9.17, 15) is 4.57 Å². The van der Waals surface area contributed by atoms with Crippen LogP contribution >= 0.6 is 30.9 Å². The molecule has 11 heteroatoms. The molecule has 0 aliphatic carbocycles. The van der Waals surface area contributed by atoms with Crippen LogP contribution in [0.4, 0.5) is 5.82 Å². The van der Waals surface area contributed by atoms with E-state index in [1.807, 2.05) is 35.0 Å². The monoisotopic (exact) mass is 621 g/mol. The van der Waals surface area contributed by atoms with Crippen molar-refractivity contribution in [1.82, 2.24) is 19.5 Å². The lowest BCUT2D eigenvalue weighted by Gasteiger charge is -2.18. The van der Waals surface area contributed by atoms with E-state index in [2.05, 4.69) is 45.3 Å². The molecule has 228 valence electrons. The van der Waals surface area contributed by atoms with Gasteiger partial charge < -0.3 is 19.6 Å². The minimum absolute atomic E-state index is 0.0956. The van der Waals surface area contributed by atoms with Crippen LogP contribution in [0, 0.1) is 0 Å². The van der Waals surface area contributed by atoms with Crippen molar-refractivity contribution in [2.75, 3.05) is 42.6 Å². The summed E-state index contributed by atoms with van der Waals surface area (Å²) in [4.78, 5) is 13.9. The van der Waals surface area contributed by atoms with Gasteiger partial charge in [0.1, 0.15) is 18.2 Å². The van der Waals surface area contributed by atoms with Gasteiger partial charge in [-0.15, -0.1) is 11.8 Å². The first-order valence-corrected chi connectivity index (χ1v) is 19.3. The van der Waals surface area contributed by atoms with Crippen molar-refractivity contribution >= 4 is 47.9 Å². The van der Waals surface area contributed by atoms with Gasteiger partial charge >= 0.3 is 0 Å². The maximum atomic E-state index is 12.8. The van der Waals surface area contributed by atoms with E-state index in [-0.39, 0.29) is 12.5 Å². The summed E-state index contributed by atoms with van der Waals surface area (Å²) in [7, 11) is -2.80. The van der Waals surface area contributed by atoms with Gasteiger partial charge in [-0.25, -0.2) is 15.0 Å². The van der Waals surface area contributed by atoms with Gasteiger partial charge in [-0.1, -0.05) is 63.1 Å². The number of rotatable bonds is 23. The molecule has 3 rings (SSSR count). The molecule has 0 saturated carbocycles. The Morgan fingerprint density at radius 1 is 0.902 bits per heavy atom. The molecule has 2 atom stereocenters. The molecule has 2 N–H and O–H groups in total. The maximum absolute atomic E-state index is 12.8. The molecule has 0 bridgehead atoms. The molecule has 41 heavy (non-hydrogen) atoms. The predicted octanol–water partition coefficient (Wildman–Crippen LogP) is 8.12. The molecule has 0 saturated heterocycles. The van der Waals surface area contributed by atoms with Crippen molar-refractivity contribution in [2.24, 2.45) is 0 Å². The lowest BCUT2D eigenvalue weighted by molar-refractivity contribution is 0.0801. The molecule has 0 fully saturated rings. The molecular weight excluding hydrogens is 573 g/mol. The molecule has 1 unspecified atom stereocenters. The second kappa shape index (κ2) is 19.6. The number of unbranched alkanes of at least 4 members (excludes halogenated alkanes) is 8. The molecule has 2 heterocycles. The number of nitrogens with zero attached hydrogens (tertiary/aromatic N) is 4. The Morgan fingerprint density at radius 2 is 1.56 bits per heavy atom. The van der Waals surface area contributed by atoms with Gasteiger partial charge in [0, 0.05) is 11.6 Å². The van der Waals surface area contributed by atoms with Gasteiger partial charge in [0.25, 0.3) is 0 Å². The summed E-state index contributed by atoms with van der Waals surface area (Å²) in [6.45, 7) is 4.62. The van der Waals surface area contributed by atoms with Crippen LogP contribution in [0.25, 0.3) is 11.2 Å². The number of benzene rings is 1. The summed E-state index contributed by atoms with van der Waals surface area (Å²) in [5.74, 6) is 3.83. The topological polar surface area (TPSA) is 105 Å². The van der Waals surface area contributed by atoms with Crippen LogP contribution in [0.3, 0.4) is 0 Å². The van der Waals surface area contributed by atoms with E-state index in [4.69, 9.17) is 15.0 Å². The van der Waals surface area contributed by atoms with Crippen LogP contribution in [0.1, 0.15) is 71.1 Å². The third kappa shape index (κ3) is 14.0. The molecule has 0 spiro atoms. The van der Waals surface area contributed by atoms with Crippen molar-refractivity contribution < 1.29 is 13.8 Å². The number of imidazole rings is 1. The summed E-state index contributed by atoms with van der Waals surface area (Å²) in [5, 5.41) is 0. The van der Waals surface area contributed by atoms with E-state index in [0.29, 0.717) is 30.1 Å². The largest absolute Gasteiger partial charge is 0.382 e. The zero-order valence-electron chi connectivity index (χ0n) is 24.8. The normalized spacial score (nSPS) is 13.9. The Hall–Kier alpha value is -1.58. The number of nitrogens with two attached hydrogens (primary N) is 1. The fraction of sp³-hybridized carbons (Fsp3) is 0.633. The fourth-order valence-electron chi connectivity index (χ4n) is 4.43. The van der Waals surface area contributed by atoms with Crippen LogP contribution in [0.2, 0.25) is 0 Å². The van der Waals surface area contributed by atoms with Crippen molar-refractivity contribution in [3.05, 3.63) is 43.0 Å². The lowest BCUT2D eigenvalue weighted by Crippen LogP contribution is -2.17. The van der Waals surface area contributed by atoms with Crippen molar-refractivity contribution in [1.29, 1.82) is 0 Å². The SMILES string of the molecule is C[C@H](Cn1cnc2c(N)ncnc21)OCP(C)(=O)OCCCSCCCCCCCCCCCSc1ccccc1. The first-order valence-electron chi connectivity index (χ1n) is 14.9. The number of thioether (sulfide) groups is 2. The predicted molar refractivity (Wildman–Crippen MR) is 175 cm³/mol. The van der Waals surface area contributed by atoms with Gasteiger partial charge in [-0.05, 0) is 55.6 Å². The molecule has 8 nitrogen and oxygen atoms in total. The van der Waals surface area contributed by atoms with Crippen molar-refractivity contribution in [3.8, 4) is 0 Å². The minimum Gasteiger partial charge on any atom is -0.382 e.